The Hall–Kier alpha value is -2.82. The van der Waals surface area contributed by atoms with Gasteiger partial charge in [-0.15, -0.1) is 0 Å². The molecule has 1 aliphatic rings. The fourth-order valence-corrected chi connectivity index (χ4v) is 4.36. The average molecular weight is 463 g/mol. The number of anilines is 1. The Morgan fingerprint density at radius 1 is 0.939 bits per heavy atom. The zero-order chi connectivity index (χ0) is 23.2. The third kappa shape index (κ3) is 6.37. The first-order chi connectivity index (χ1) is 16.0. The lowest BCUT2D eigenvalue weighted by Crippen LogP contribution is -2.29. The van der Waals surface area contributed by atoms with E-state index >= 15 is 0 Å². The zero-order valence-corrected chi connectivity index (χ0v) is 20.1. The molecule has 5 heteroatoms. The first-order valence-corrected chi connectivity index (χ1v) is 11.9. The number of ether oxygens (including phenoxy) is 1. The lowest BCUT2D eigenvalue weighted by molar-refractivity contribution is 0.0992. The Balaban J connectivity index is 1.41. The van der Waals surface area contributed by atoms with Gasteiger partial charge in [-0.05, 0) is 74.3 Å². The number of benzene rings is 3. The minimum Gasteiger partial charge on any atom is -0.489 e. The number of piperidine rings is 1. The predicted molar refractivity (Wildman–Crippen MR) is 135 cm³/mol. The summed E-state index contributed by atoms with van der Waals surface area (Å²) in [6.07, 6.45) is 3.90. The second-order valence-corrected chi connectivity index (χ2v) is 9.25. The van der Waals surface area contributed by atoms with Gasteiger partial charge in [-0.3, -0.25) is 9.69 Å². The van der Waals surface area contributed by atoms with Crippen molar-refractivity contribution in [2.75, 3.05) is 25.0 Å². The van der Waals surface area contributed by atoms with Crippen LogP contribution < -0.4 is 9.64 Å². The van der Waals surface area contributed by atoms with Gasteiger partial charge in [0.1, 0.15) is 12.4 Å². The third-order valence-electron chi connectivity index (χ3n) is 6.13. The Bertz CT molecular complexity index is 1070. The largest absolute Gasteiger partial charge is 0.489 e. The maximum absolute atomic E-state index is 13.2. The van der Waals surface area contributed by atoms with Crippen LogP contribution in [0.4, 0.5) is 5.69 Å². The molecule has 0 N–H and O–H groups in total. The molecule has 0 saturated carbocycles. The van der Waals surface area contributed by atoms with E-state index in [-0.39, 0.29) is 5.91 Å². The fraction of sp³-hybridized carbons (Fsp3) is 0.321. The second-order valence-electron chi connectivity index (χ2n) is 8.82. The SMILES string of the molecule is Cc1ccc(COc2cc(Cl)cc(C(=O)N(C)c3ccc(CN4CCCCC4)cc3)c2)cc1. The van der Waals surface area contributed by atoms with Crippen molar-refractivity contribution in [2.45, 2.75) is 39.3 Å². The van der Waals surface area contributed by atoms with Crippen LogP contribution in [-0.2, 0) is 13.2 Å². The summed E-state index contributed by atoms with van der Waals surface area (Å²) in [5.74, 6) is 0.457. The van der Waals surface area contributed by atoms with Gasteiger partial charge >= 0.3 is 0 Å². The Morgan fingerprint density at radius 3 is 2.30 bits per heavy atom. The third-order valence-corrected chi connectivity index (χ3v) is 6.35. The van der Waals surface area contributed by atoms with Crippen molar-refractivity contribution in [3.63, 3.8) is 0 Å². The van der Waals surface area contributed by atoms with Crippen molar-refractivity contribution in [1.82, 2.24) is 4.90 Å². The summed E-state index contributed by atoms with van der Waals surface area (Å²) < 4.78 is 5.92. The molecule has 4 nitrogen and oxygen atoms in total. The number of hydrogen-bond acceptors (Lipinski definition) is 3. The molecule has 0 bridgehead atoms. The van der Waals surface area contributed by atoms with E-state index in [9.17, 15) is 4.79 Å². The van der Waals surface area contributed by atoms with Crippen LogP contribution in [0, 0.1) is 6.92 Å². The minimum atomic E-state index is -0.124. The van der Waals surface area contributed by atoms with Gasteiger partial charge in [0.25, 0.3) is 5.91 Å². The maximum Gasteiger partial charge on any atom is 0.258 e. The Kier molecular flexibility index (Phi) is 7.69. The van der Waals surface area contributed by atoms with E-state index < -0.39 is 0 Å². The number of amides is 1. The van der Waals surface area contributed by atoms with Gasteiger partial charge < -0.3 is 9.64 Å². The summed E-state index contributed by atoms with van der Waals surface area (Å²) in [4.78, 5) is 17.3. The smallest absolute Gasteiger partial charge is 0.258 e. The van der Waals surface area contributed by atoms with E-state index in [1.807, 2.05) is 24.3 Å². The maximum atomic E-state index is 13.2. The van der Waals surface area contributed by atoms with E-state index in [2.05, 4.69) is 36.1 Å². The lowest BCUT2D eigenvalue weighted by Gasteiger charge is -2.26. The molecule has 0 aromatic heterocycles. The summed E-state index contributed by atoms with van der Waals surface area (Å²) in [6, 6.07) is 21.6. The number of aryl methyl sites for hydroxylation is 1. The van der Waals surface area contributed by atoms with E-state index in [0.717, 1.165) is 17.8 Å². The quantitative estimate of drug-likeness (QED) is 0.402. The van der Waals surface area contributed by atoms with Gasteiger partial charge in [0.05, 0.1) is 0 Å². The van der Waals surface area contributed by atoms with E-state index in [0.29, 0.717) is 22.9 Å². The molecule has 0 unspecified atom stereocenters. The highest BCUT2D eigenvalue weighted by atomic mass is 35.5. The van der Waals surface area contributed by atoms with Gasteiger partial charge in [0.15, 0.2) is 0 Å². The lowest BCUT2D eigenvalue weighted by atomic mass is 10.1. The van der Waals surface area contributed by atoms with Crippen LogP contribution in [0.15, 0.2) is 66.7 Å². The van der Waals surface area contributed by atoms with Crippen molar-refractivity contribution < 1.29 is 9.53 Å². The molecule has 33 heavy (non-hydrogen) atoms. The molecule has 4 rings (SSSR count). The van der Waals surface area contributed by atoms with Crippen LogP contribution in [0.2, 0.25) is 5.02 Å². The average Bonchev–Trinajstić information content (AvgIpc) is 2.83. The van der Waals surface area contributed by atoms with Crippen LogP contribution in [0.25, 0.3) is 0 Å². The number of hydrogen-bond donors (Lipinski definition) is 0. The normalized spacial score (nSPS) is 14.2. The van der Waals surface area contributed by atoms with Gasteiger partial charge in [0, 0.05) is 29.9 Å². The number of nitrogens with zero attached hydrogens (tertiary/aromatic N) is 2. The summed E-state index contributed by atoms with van der Waals surface area (Å²) in [5.41, 5.74) is 4.90. The molecular formula is C28H31ClN2O2. The molecule has 0 aliphatic carbocycles. The Labute approximate surface area is 201 Å². The van der Waals surface area contributed by atoms with Gasteiger partial charge in [-0.1, -0.05) is 60.0 Å². The number of carbonyl (C=O) groups is 1. The van der Waals surface area contributed by atoms with Gasteiger partial charge in [-0.2, -0.15) is 0 Å². The van der Waals surface area contributed by atoms with Crippen molar-refractivity contribution >= 4 is 23.2 Å². The van der Waals surface area contributed by atoms with Crippen LogP contribution in [0.3, 0.4) is 0 Å². The summed E-state index contributed by atoms with van der Waals surface area (Å²) >= 11 is 6.31. The topological polar surface area (TPSA) is 32.8 Å². The van der Waals surface area contributed by atoms with Crippen molar-refractivity contribution in [3.8, 4) is 5.75 Å². The molecule has 1 fully saturated rings. The predicted octanol–water partition coefficient (Wildman–Crippen LogP) is 6.49. The van der Waals surface area contributed by atoms with E-state index in [1.54, 1.807) is 30.1 Å². The van der Waals surface area contributed by atoms with E-state index in [1.165, 1.54) is 43.5 Å². The van der Waals surface area contributed by atoms with Crippen LogP contribution in [0.5, 0.6) is 5.75 Å². The first kappa shape index (κ1) is 23.3. The number of carbonyl (C=O) groups excluding carboxylic acids is 1. The first-order valence-electron chi connectivity index (χ1n) is 11.6. The number of halogens is 1. The number of likely N-dealkylation sites (tertiary alicyclic amines) is 1. The molecular weight excluding hydrogens is 432 g/mol. The van der Waals surface area contributed by atoms with Crippen molar-refractivity contribution in [2.24, 2.45) is 0 Å². The van der Waals surface area contributed by atoms with Crippen LogP contribution >= 0.6 is 11.6 Å². The Morgan fingerprint density at radius 2 is 1.61 bits per heavy atom. The molecule has 3 aromatic rings. The highest BCUT2D eigenvalue weighted by Gasteiger charge is 2.16. The molecule has 0 spiro atoms. The van der Waals surface area contributed by atoms with E-state index in [4.69, 9.17) is 16.3 Å². The molecule has 1 saturated heterocycles. The molecule has 1 aliphatic heterocycles. The summed E-state index contributed by atoms with van der Waals surface area (Å²) in [6.45, 7) is 5.78. The van der Waals surface area contributed by atoms with Gasteiger partial charge in [0.2, 0.25) is 0 Å². The highest BCUT2D eigenvalue weighted by Crippen LogP contribution is 2.25. The standard InChI is InChI=1S/C28H31ClN2O2/c1-21-6-8-23(9-7-21)20-33-27-17-24(16-25(29)18-27)28(32)30(2)26-12-10-22(11-13-26)19-31-14-4-3-5-15-31/h6-13,16-18H,3-5,14-15,19-20H2,1-2H3. The monoisotopic (exact) mass is 462 g/mol. The molecule has 1 heterocycles. The van der Waals surface area contributed by atoms with Crippen LogP contribution in [-0.4, -0.2) is 30.9 Å². The summed E-state index contributed by atoms with van der Waals surface area (Å²) in [5, 5.41) is 0.477. The molecule has 1 amide bonds. The fourth-order valence-electron chi connectivity index (χ4n) is 4.13. The minimum absolute atomic E-state index is 0.124. The molecule has 3 aromatic carbocycles. The summed E-state index contributed by atoms with van der Waals surface area (Å²) in [7, 11) is 1.79. The van der Waals surface area contributed by atoms with Gasteiger partial charge in [-0.25, -0.2) is 0 Å². The highest BCUT2D eigenvalue weighted by molar-refractivity contribution is 6.31. The number of rotatable bonds is 7. The molecule has 172 valence electrons. The molecule has 0 atom stereocenters. The van der Waals surface area contributed by atoms with Crippen molar-refractivity contribution in [1.29, 1.82) is 0 Å². The molecule has 0 radical (unpaired) electrons. The van der Waals surface area contributed by atoms with Crippen LogP contribution in [0.1, 0.15) is 46.3 Å². The van der Waals surface area contributed by atoms with Crippen molar-refractivity contribution in [3.05, 3.63) is 94.0 Å². The zero-order valence-electron chi connectivity index (χ0n) is 19.4. The second kappa shape index (κ2) is 10.9.